The van der Waals surface area contributed by atoms with Gasteiger partial charge in [-0.1, -0.05) is 18.2 Å². The largest absolute Gasteiger partial charge is 0.481 e. The van der Waals surface area contributed by atoms with E-state index in [4.69, 9.17) is 4.98 Å². The van der Waals surface area contributed by atoms with Crippen LogP contribution in [0.3, 0.4) is 0 Å². The number of anilines is 1. The second kappa shape index (κ2) is 10.7. The second-order valence-electron chi connectivity index (χ2n) is 10.4. The molecule has 2 unspecified atom stereocenters. The third kappa shape index (κ3) is 5.68. The number of amides is 1. The number of pyridine rings is 1. The van der Waals surface area contributed by atoms with E-state index in [9.17, 15) is 14.7 Å². The van der Waals surface area contributed by atoms with E-state index in [1.165, 1.54) is 5.56 Å². The number of carbonyl (C=O) groups excluding carboxylic acids is 1. The third-order valence-electron chi connectivity index (χ3n) is 7.56. The third-order valence-corrected chi connectivity index (χ3v) is 7.56. The van der Waals surface area contributed by atoms with E-state index in [1.807, 2.05) is 53.8 Å². The minimum Gasteiger partial charge on any atom is -0.481 e. The number of hydrogen-bond acceptors (Lipinski definition) is 5. The Hall–Kier alpha value is -3.68. The number of benzene rings is 1. The Morgan fingerprint density at radius 2 is 2.05 bits per heavy atom. The predicted octanol–water partition coefficient (Wildman–Crippen LogP) is 4.28. The van der Waals surface area contributed by atoms with Crippen LogP contribution in [0.4, 0.5) is 5.82 Å². The van der Waals surface area contributed by atoms with Crippen molar-refractivity contribution < 1.29 is 14.7 Å². The molecule has 2 aromatic heterocycles. The summed E-state index contributed by atoms with van der Waals surface area (Å²) >= 11 is 0. The summed E-state index contributed by atoms with van der Waals surface area (Å²) in [5.74, 6) is -0.391. The predicted molar refractivity (Wildman–Crippen MR) is 142 cm³/mol. The molecule has 37 heavy (non-hydrogen) atoms. The van der Waals surface area contributed by atoms with Crippen LogP contribution in [0.25, 0.3) is 5.69 Å². The van der Waals surface area contributed by atoms with E-state index < -0.39 is 11.9 Å². The first-order chi connectivity index (χ1) is 17.9. The van der Waals surface area contributed by atoms with Gasteiger partial charge in [0.05, 0.1) is 23.7 Å². The fraction of sp³-hybridized carbons (Fsp3) is 0.448. The Morgan fingerprint density at radius 1 is 1.19 bits per heavy atom. The van der Waals surface area contributed by atoms with Gasteiger partial charge in [0.15, 0.2) is 0 Å². The van der Waals surface area contributed by atoms with Gasteiger partial charge < -0.3 is 15.3 Å². The Morgan fingerprint density at radius 3 is 2.84 bits per heavy atom. The summed E-state index contributed by atoms with van der Waals surface area (Å²) in [6.07, 6.45) is 4.78. The average Bonchev–Trinajstić information content (AvgIpc) is 3.51. The summed E-state index contributed by atoms with van der Waals surface area (Å²) in [4.78, 5) is 32.0. The molecular weight excluding hydrogens is 466 g/mol. The normalized spacial score (nSPS) is 17.8. The molecule has 1 fully saturated rings. The van der Waals surface area contributed by atoms with Gasteiger partial charge in [-0.25, -0.2) is 9.67 Å². The number of carboxylic acids is 1. The molecule has 194 valence electrons. The Kier molecular flexibility index (Phi) is 7.26. The minimum absolute atomic E-state index is 0.105. The number of aliphatic carboxylic acids is 1. The van der Waals surface area contributed by atoms with Crippen molar-refractivity contribution >= 4 is 17.7 Å². The molecule has 3 aromatic rings. The van der Waals surface area contributed by atoms with Crippen molar-refractivity contribution in [3.8, 4) is 5.69 Å². The maximum absolute atomic E-state index is 13.6. The highest BCUT2D eigenvalue weighted by Crippen LogP contribution is 2.30. The van der Waals surface area contributed by atoms with Gasteiger partial charge in [-0.05, 0) is 87.3 Å². The molecule has 2 atom stereocenters. The van der Waals surface area contributed by atoms with Gasteiger partial charge in [0, 0.05) is 31.0 Å². The smallest absolute Gasteiger partial charge is 0.304 e. The highest BCUT2D eigenvalue weighted by molar-refractivity contribution is 5.88. The van der Waals surface area contributed by atoms with Gasteiger partial charge in [-0.2, -0.15) is 5.10 Å². The molecule has 2 aliphatic heterocycles. The molecule has 2 aliphatic rings. The molecule has 0 radical (unpaired) electrons. The Labute approximate surface area is 217 Å². The van der Waals surface area contributed by atoms with Gasteiger partial charge in [0.1, 0.15) is 5.82 Å². The van der Waals surface area contributed by atoms with Crippen LogP contribution in [-0.2, 0) is 22.4 Å². The van der Waals surface area contributed by atoms with E-state index in [1.54, 1.807) is 0 Å². The summed E-state index contributed by atoms with van der Waals surface area (Å²) in [6.45, 7) is 6.22. The van der Waals surface area contributed by atoms with Crippen LogP contribution in [0.2, 0.25) is 0 Å². The fourth-order valence-electron chi connectivity index (χ4n) is 5.63. The molecule has 8 nitrogen and oxygen atoms in total. The molecule has 1 saturated heterocycles. The first kappa shape index (κ1) is 25.0. The van der Waals surface area contributed by atoms with E-state index in [2.05, 4.69) is 22.5 Å². The Balaban J connectivity index is 1.26. The number of carbonyl (C=O) groups is 2. The van der Waals surface area contributed by atoms with Gasteiger partial charge in [0.25, 0.3) is 0 Å². The van der Waals surface area contributed by atoms with Crippen molar-refractivity contribution in [3.05, 3.63) is 70.7 Å². The number of aromatic nitrogens is 3. The van der Waals surface area contributed by atoms with Crippen LogP contribution in [0.5, 0.6) is 0 Å². The van der Waals surface area contributed by atoms with Crippen molar-refractivity contribution in [1.82, 2.24) is 19.7 Å². The van der Waals surface area contributed by atoms with Crippen molar-refractivity contribution in [2.24, 2.45) is 5.92 Å². The molecule has 4 heterocycles. The topological polar surface area (TPSA) is 100 Å². The number of nitrogens with one attached hydrogen (secondary N) is 1. The van der Waals surface area contributed by atoms with Gasteiger partial charge in [-0.15, -0.1) is 0 Å². The molecule has 0 bridgehead atoms. The molecule has 5 rings (SSSR count). The maximum Gasteiger partial charge on any atom is 0.304 e. The molecular formula is C29H35N5O3. The highest BCUT2D eigenvalue weighted by Gasteiger charge is 2.33. The van der Waals surface area contributed by atoms with Gasteiger partial charge >= 0.3 is 5.97 Å². The van der Waals surface area contributed by atoms with Gasteiger partial charge in [0.2, 0.25) is 5.91 Å². The first-order valence-corrected chi connectivity index (χ1v) is 13.2. The van der Waals surface area contributed by atoms with Crippen LogP contribution < -0.4 is 5.32 Å². The summed E-state index contributed by atoms with van der Waals surface area (Å²) in [5, 5.41) is 17.6. The quantitative estimate of drug-likeness (QED) is 0.478. The lowest BCUT2D eigenvalue weighted by Crippen LogP contribution is -2.34. The number of nitrogens with zero attached hydrogens (tertiary/aromatic N) is 4. The van der Waals surface area contributed by atoms with Crippen LogP contribution >= 0.6 is 0 Å². The summed E-state index contributed by atoms with van der Waals surface area (Å²) in [5.41, 5.74) is 5.82. The van der Waals surface area contributed by atoms with E-state index >= 15 is 0 Å². The lowest BCUT2D eigenvalue weighted by Gasteiger charge is -2.23. The summed E-state index contributed by atoms with van der Waals surface area (Å²) < 4.78 is 1.83. The van der Waals surface area contributed by atoms with Crippen LogP contribution in [0.15, 0.2) is 42.5 Å². The highest BCUT2D eigenvalue weighted by atomic mass is 16.4. The monoisotopic (exact) mass is 501 g/mol. The number of likely N-dealkylation sites (tertiary alicyclic amines) is 1. The average molecular weight is 502 g/mol. The van der Waals surface area contributed by atoms with E-state index in [0.717, 1.165) is 67.2 Å². The molecule has 0 saturated carbocycles. The molecule has 0 aliphatic carbocycles. The maximum atomic E-state index is 13.6. The molecule has 0 spiro atoms. The standard InChI is InChI=1S/C29H35N5O3/c1-19-15-20(2)34(32-19)25-7-3-5-23(16-25)26(17-27(35)36)29(37)33-14-12-21(18-33)8-10-24-11-9-22-6-4-13-30-28(22)31-24/h3,5,7,9,11,15-16,21,26H,4,6,8,10,12-14,17-18H2,1-2H3,(H,30,31)(H,35,36). The molecule has 8 heteroatoms. The van der Waals surface area contributed by atoms with Crippen molar-refractivity contribution in [2.75, 3.05) is 25.0 Å². The minimum atomic E-state index is -0.974. The molecule has 2 N–H and O–H groups in total. The van der Waals surface area contributed by atoms with Crippen molar-refractivity contribution in [1.29, 1.82) is 0 Å². The fourth-order valence-corrected chi connectivity index (χ4v) is 5.63. The summed E-state index contributed by atoms with van der Waals surface area (Å²) in [6, 6.07) is 13.9. The van der Waals surface area contributed by atoms with E-state index in [-0.39, 0.29) is 12.3 Å². The first-order valence-electron chi connectivity index (χ1n) is 13.2. The van der Waals surface area contributed by atoms with Crippen LogP contribution in [0.1, 0.15) is 59.8 Å². The summed E-state index contributed by atoms with van der Waals surface area (Å²) in [7, 11) is 0. The van der Waals surface area contributed by atoms with Gasteiger partial charge in [-0.3, -0.25) is 9.59 Å². The number of carboxylic acid groups (broad SMARTS) is 1. The lowest BCUT2D eigenvalue weighted by atomic mass is 9.93. The SMILES string of the molecule is Cc1cc(C)n(-c2cccc(C(CC(=O)O)C(=O)N3CCC(CCc4ccc5c(n4)NCCC5)C3)c2)n1. The van der Waals surface area contributed by atoms with Crippen molar-refractivity contribution in [3.63, 3.8) is 0 Å². The second-order valence-corrected chi connectivity index (χ2v) is 10.4. The lowest BCUT2D eigenvalue weighted by molar-refractivity contribution is -0.141. The van der Waals surface area contributed by atoms with E-state index in [0.29, 0.717) is 24.6 Å². The van der Waals surface area contributed by atoms with Crippen LogP contribution in [0, 0.1) is 19.8 Å². The zero-order valence-electron chi connectivity index (χ0n) is 21.6. The number of fused-ring (bicyclic) bond motifs is 1. The number of hydrogen-bond donors (Lipinski definition) is 2. The zero-order chi connectivity index (χ0) is 25.9. The molecule has 1 aromatic carbocycles. The van der Waals surface area contributed by atoms with Crippen molar-refractivity contribution in [2.45, 2.75) is 58.3 Å². The Bertz CT molecular complexity index is 1300. The number of rotatable bonds is 8. The molecule has 1 amide bonds. The number of aryl methyl sites for hydroxylation is 4. The zero-order valence-corrected chi connectivity index (χ0v) is 21.6. The van der Waals surface area contributed by atoms with Crippen LogP contribution in [-0.4, -0.2) is 56.3 Å².